The molecule has 1 fully saturated rings. The minimum absolute atomic E-state index is 0.740. The topological polar surface area (TPSA) is 0 Å². The van der Waals surface area contributed by atoms with E-state index in [1.807, 2.05) is 0 Å². The molecule has 0 saturated heterocycles. The smallest absolute Gasteiger partial charge is 0.00556 e. The Morgan fingerprint density at radius 2 is 1.79 bits per heavy atom. The van der Waals surface area contributed by atoms with Crippen LogP contribution in [0.5, 0.6) is 0 Å². The van der Waals surface area contributed by atoms with Crippen LogP contribution in [0.1, 0.15) is 41.0 Å². The lowest BCUT2D eigenvalue weighted by Gasteiger charge is -2.11. The predicted molar refractivity (Wildman–Crippen MR) is 60.4 cm³/mol. The van der Waals surface area contributed by atoms with Crippen LogP contribution < -0.4 is 0 Å². The zero-order valence-electron chi connectivity index (χ0n) is 8.88. The van der Waals surface area contributed by atoms with Crippen LogP contribution in [0.15, 0.2) is 18.2 Å². The number of rotatable bonds is 1. The largest absolute Gasteiger partial charge is 0.0761 e. The minimum Gasteiger partial charge on any atom is -0.0761 e. The summed E-state index contributed by atoms with van der Waals surface area (Å²) in [5, 5.41) is 0. The van der Waals surface area contributed by atoms with Crippen molar-refractivity contribution in [3.8, 4) is 0 Å². The van der Waals surface area contributed by atoms with Crippen molar-refractivity contribution in [2.45, 2.75) is 32.6 Å². The number of hydrogen-bond acceptors (Lipinski definition) is 0. The van der Waals surface area contributed by atoms with Gasteiger partial charge in [-0.1, -0.05) is 24.3 Å². The van der Waals surface area contributed by atoms with Crippen LogP contribution in [0.3, 0.4) is 0 Å². The molecule has 1 aromatic carbocycles. The fraction of sp³-hybridized carbons (Fsp3) is 0.429. The second-order valence-corrected chi connectivity index (χ2v) is 4.79. The van der Waals surface area contributed by atoms with Gasteiger partial charge in [0.05, 0.1) is 0 Å². The van der Waals surface area contributed by atoms with Gasteiger partial charge >= 0.3 is 0 Å². The maximum absolute atomic E-state index is 2.40. The van der Waals surface area contributed by atoms with Crippen molar-refractivity contribution in [3.63, 3.8) is 0 Å². The van der Waals surface area contributed by atoms with E-state index >= 15 is 0 Å². The van der Waals surface area contributed by atoms with Gasteiger partial charge < -0.3 is 0 Å². The number of aryl methyl sites for hydroxylation is 2. The van der Waals surface area contributed by atoms with Gasteiger partial charge in [-0.2, -0.15) is 0 Å². The molecule has 0 heteroatoms. The van der Waals surface area contributed by atoms with Gasteiger partial charge in [0.25, 0.3) is 0 Å². The van der Waals surface area contributed by atoms with Crippen molar-refractivity contribution in [3.05, 3.63) is 40.5 Å². The van der Waals surface area contributed by atoms with E-state index in [2.05, 4.69) is 38.1 Å². The van der Waals surface area contributed by atoms with Gasteiger partial charge in [-0.25, -0.2) is 0 Å². The summed E-state index contributed by atoms with van der Waals surface area (Å²) in [4.78, 5) is 0. The molecule has 0 nitrogen and oxygen atoms in total. The second kappa shape index (κ2) is 2.73. The predicted octanol–water partition coefficient (Wildman–Crippen LogP) is 3.82. The number of hydrogen-bond donors (Lipinski definition) is 0. The Bertz CT molecular complexity index is 408. The second-order valence-electron chi connectivity index (χ2n) is 4.79. The average molecular weight is 184 g/mol. The molecule has 0 aliphatic heterocycles. The number of benzene rings is 1. The Kier molecular flexibility index (Phi) is 1.61. The van der Waals surface area contributed by atoms with Crippen LogP contribution in [0.4, 0.5) is 0 Å². The maximum atomic E-state index is 2.40. The first-order chi connectivity index (χ1) is 6.75. The van der Waals surface area contributed by atoms with E-state index < -0.39 is 0 Å². The third-order valence-corrected chi connectivity index (χ3v) is 3.67. The Hall–Kier alpha value is -1.04. The monoisotopic (exact) mass is 184 g/mol. The molecule has 0 radical (unpaired) electrons. The SMILES string of the molecule is Cc1cc2c(cc1C)C(C1CC1)C=C2. The summed E-state index contributed by atoms with van der Waals surface area (Å²) in [7, 11) is 0. The fourth-order valence-corrected chi connectivity index (χ4v) is 2.47. The lowest BCUT2D eigenvalue weighted by molar-refractivity contribution is 0.737. The third kappa shape index (κ3) is 1.13. The van der Waals surface area contributed by atoms with Gasteiger partial charge in [0.15, 0.2) is 0 Å². The zero-order valence-corrected chi connectivity index (χ0v) is 8.88. The summed E-state index contributed by atoms with van der Waals surface area (Å²) in [6, 6.07) is 4.73. The van der Waals surface area contributed by atoms with Crippen molar-refractivity contribution in [2.24, 2.45) is 5.92 Å². The first kappa shape index (κ1) is 8.28. The van der Waals surface area contributed by atoms with E-state index in [1.165, 1.54) is 29.5 Å². The Morgan fingerprint density at radius 1 is 1.07 bits per heavy atom. The van der Waals surface area contributed by atoms with Gasteiger partial charge in [0, 0.05) is 5.92 Å². The van der Waals surface area contributed by atoms with Gasteiger partial charge in [0.2, 0.25) is 0 Å². The van der Waals surface area contributed by atoms with Crippen LogP contribution >= 0.6 is 0 Å². The summed E-state index contributed by atoms with van der Waals surface area (Å²) >= 11 is 0. The third-order valence-electron chi connectivity index (χ3n) is 3.67. The van der Waals surface area contributed by atoms with Crippen LogP contribution in [-0.2, 0) is 0 Å². The van der Waals surface area contributed by atoms with E-state index in [0.29, 0.717) is 0 Å². The van der Waals surface area contributed by atoms with Gasteiger partial charge in [-0.3, -0.25) is 0 Å². The van der Waals surface area contributed by atoms with E-state index in [1.54, 1.807) is 5.56 Å². The summed E-state index contributed by atoms with van der Waals surface area (Å²) in [5.41, 5.74) is 5.91. The van der Waals surface area contributed by atoms with Gasteiger partial charge in [0.1, 0.15) is 0 Å². The molecule has 1 atom stereocenters. The molecule has 0 heterocycles. The van der Waals surface area contributed by atoms with Crippen molar-refractivity contribution in [1.29, 1.82) is 0 Å². The molecule has 1 unspecified atom stereocenters. The molecule has 0 N–H and O–H groups in total. The molecule has 1 saturated carbocycles. The maximum Gasteiger partial charge on any atom is 0.00556 e. The van der Waals surface area contributed by atoms with Crippen molar-refractivity contribution in [2.75, 3.05) is 0 Å². The van der Waals surface area contributed by atoms with Crippen LogP contribution in [-0.4, -0.2) is 0 Å². The molecule has 1 aromatic rings. The number of allylic oxidation sites excluding steroid dienone is 1. The molecule has 2 aliphatic rings. The van der Waals surface area contributed by atoms with E-state index in [0.717, 1.165) is 11.8 Å². The summed E-state index contributed by atoms with van der Waals surface area (Å²) in [5.74, 6) is 1.69. The molecular weight excluding hydrogens is 168 g/mol. The standard InChI is InChI=1S/C14H16/c1-9-7-12-5-6-13(11-3-4-11)14(12)8-10(9)2/h5-8,11,13H,3-4H2,1-2H3. The molecule has 3 rings (SSSR count). The average Bonchev–Trinajstić information content (AvgIpc) is 2.91. The highest BCUT2D eigenvalue weighted by molar-refractivity contribution is 5.64. The number of fused-ring (bicyclic) bond motifs is 1. The van der Waals surface area contributed by atoms with Gasteiger partial charge in [-0.15, -0.1) is 0 Å². The van der Waals surface area contributed by atoms with Gasteiger partial charge in [-0.05, 0) is 54.9 Å². The van der Waals surface area contributed by atoms with E-state index in [4.69, 9.17) is 0 Å². The molecule has 14 heavy (non-hydrogen) atoms. The molecule has 2 aliphatic carbocycles. The first-order valence-corrected chi connectivity index (χ1v) is 5.55. The molecule has 72 valence electrons. The Morgan fingerprint density at radius 3 is 2.50 bits per heavy atom. The van der Waals surface area contributed by atoms with Crippen LogP contribution in [0.2, 0.25) is 0 Å². The highest BCUT2D eigenvalue weighted by Gasteiger charge is 2.33. The minimum atomic E-state index is 0.740. The van der Waals surface area contributed by atoms with E-state index in [-0.39, 0.29) is 0 Å². The molecule has 0 aromatic heterocycles. The first-order valence-electron chi connectivity index (χ1n) is 5.55. The lowest BCUT2D eigenvalue weighted by Crippen LogP contribution is -1.97. The van der Waals surface area contributed by atoms with Crippen molar-refractivity contribution < 1.29 is 0 Å². The Labute approximate surface area is 85.6 Å². The fourth-order valence-electron chi connectivity index (χ4n) is 2.47. The molecule has 0 spiro atoms. The summed E-state index contributed by atoms with van der Waals surface area (Å²) in [6.45, 7) is 4.42. The quantitative estimate of drug-likeness (QED) is 0.622. The van der Waals surface area contributed by atoms with Crippen LogP contribution in [0, 0.1) is 19.8 Å². The van der Waals surface area contributed by atoms with E-state index in [9.17, 15) is 0 Å². The highest BCUT2D eigenvalue weighted by Crippen LogP contribution is 2.47. The molecule has 0 bridgehead atoms. The zero-order chi connectivity index (χ0) is 9.71. The molecule has 0 amide bonds. The van der Waals surface area contributed by atoms with Crippen molar-refractivity contribution in [1.82, 2.24) is 0 Å². The highest BCUT2D eigenvalue weighted by atomic mass is 14.4. The Balaban J connectivity index is 2.09. The lowest BCUT2D eigenvalue weighted by atomic mass is 9.93. The summed E-state index contributed by atoms with van der Waals surface area (Å²) in [6.07, 6.45) is 7.58. The van der Waals surface area contributed by atoms with Crippen LogP contribution in [0.25, 0.3) is 6.08 Å². The normalized spacial score (nSPS) is 24.0. The summed E-state index contributed by atoms with van der Waals surface area (Å²) < 4.78 is 0. The molecular formula is C14H16. The van der Waals surface area contributed by atoms with Crippen molar-refractivity contribution >= 4 is 6.08 Å².